The number of cyclic esters (lactones) is 2. The second-order valence-electron chi connectivity index (χ2n) is 17.3. The molecular formula is C44H64N2O9Si. The first-order valence-corrected chi connectivity index (χ1v) is 22.5. The standard InChI is InChI=1S/C44H64N2O9Si/c1-29(2)25-38-41(50)54-36(30(3)15-16-31-17-19-32(20-18-31)23-24-53-56(10,11)43(4,5)6)13-12-14-39(48)46-34(26-33-21-22-37(52-9)35(47)27-33)40(49)45-28-44(7,8)42(51)55-38/h12,14-22,27,29-30,34,36,38,47H,13,23-26,28H2,1-11H3,(H,45,49)(H,46,48)/b14-12+,16-15+/t30-,34?,36+,38+/m1/s1. The fourth-order valence-corrected chi connectivity index (χ4v) is 6.71. The average Bonchev–Trinajstić information content (AvgIpc) is 3.11. The Hall–Kier alpha value is -4.42. The first-order chi connectivity index (χ1) is 26.1. The molecule has 3 N–H and O–H groups in total. The van der Waals surface area contributed by atoms with Gasteiger partial charge in [-0.05, 0) is 85.6 Å². The van der Waals surface area contributed by atoms with Gasteiger partial charge in [0, 0.05) is 31.9 Å². The minimum absolute atomic E-state index is 0.00728. The molecule has 308 valence electrons. The van der Waals surface area contributed by atoms with Crippen molar-refractivity contribution in [3.8, 4) is 11.5 Å². The van der Waals surface area contributed by atoms with Crippen LogP contribution < -0.4 is 15.4 Å². The van der Waals surface area contributed by atoms with Crippen molar-refractivity contribution >= 4 is 38.1 Å². The highest BCUT2D eigenvalue weighted by Crippen LogP contribution is 2.36. The third-order valence-electron chi connectivity index (χ3n) is 10.5. The Morgan fingerprint density at radius 2 is 1.66 bits per heavy atom. The van der Waals surface area contributed by atoms with E-state index < -0.39 is 55.7 Å². The molecule has 1 heterocycles. The molecule has 2 aromatic carbocycles. The zero-order valence-electron chi connectivity index (χ0n) is 35.2. The zero-order chi connectivity index (χ0) is 41.8. The normalized spacial score (nSPS) is 21.5. The third-order valence-corrected chi connectivity index (χ3v) is 15.0. The molecule has 0 bridgehead atoms. The van der Waals surface area contributed by atoms with Crippen molar-refractivity contribution < 1.29 is 42.9 Å². The summed E-state index contributed by atoms with van der Waals surface area (Å²) in [7, 11) is -0.386. The van der Waals surface area contributed by atoms with Gasteiger partial charge in [-0.1, -0.05) is 90.1 Å². The van der Waals surface area contributed by atoms with Gasteiger partial charge in [0.05, 0.1) is 12.5 Å². The molecule has 0 saturated carbocycles. The van der Waals surface area contributed by atoms with E-state index in [2.05, 4.69) is 56.6 Å². The van der Waals surface area contributed by atoms with Crippen LogP contribution in [0.15, 0.2) is 60.7 Å². The summed E-state index contributed by atoms with van der Waals surface area (Å²) in [5.41, 5.74) is 1.51. The van der Waals surface area contributed by atoms with Crippen LogP contribution in [0.5, 0.6) is 11.5 Å². The largest absolute Gasteiger partial charge is 0.504 e. The van der Waals surface area contributed by atoms with Gasteiger partial charge in [0.2, 0.25) is 11.8 Å². The number of ether oxygens (including phenoxy) is 3. The summed E-state index contributed by atoms with van der Waals surface area (Å²) in [6.07, 6.45) is 6.27. The first kappa shape index (κ1) is 46.0. The van der Waals surface area contributed by atoms with Crippen LogP contribution in [0, 0.1) is 17.3 Å². The number of carbonyl (C=O) groups is 4. The summed E-state index contributed by atoms with van der Waals surface area (Å²) in [6, 6.07) is 12.0. The SMILES string of the molecule is COc1ccc(CC2NC(=O)/C=C/C[C@@H]([C@H](C)/C=C/c3ccc(CCO[Si](C)(C)C(C)(C)C)cc3)OC(=O)[C@H](CC(C)C)OC(=O)C(C)(C)CNC2=O)cc1O. The van der Waals surface area contributed by atoms with Crippen LogP contribution in [0.25, 0.3) is 6.08 Å². The number of rotatable bonds is 12. The molecule has 0 spiro atoms. The van der Waals surface area contributed by atoms with Crippen molar-refractivity contribution in [2.24, 2.45) is 17.3 Å². The smallest absolute Gasteiger partial charge is 0.347 e. The van der Waals surface area contributed by atoms with Crippen molar-refractivity contribution in [3.63, 3.8) is 0 Å². The third kappa shape index (κ3) is 13.9. The van der Waals surface area contributed by atoms with E-state index in [1.54, 1.807) is 32.1 Å². The van der Waals surface area contributed by atoms with Crippen LogP contribution in [-0.2, 0) is 45.9 Å². The predicted molar refractivity (Wildman–Crippen MR) is 222 cm³/mol. The van der Waals surface area contributed by atoms with Crippen molar-refractivity contribution in [3.05, 3.63) is 77.4 Å². The Bertz CT molecular complexity index is 1710. The fourth-order valence-electron chi connectivity index (χ4n) is 5.67. The highest BCUT2D eigenvalue weighted by molar-refractivity contribution is 6.74. The first-order valence-electron chi connectivity index (χ1n) is 19.5. The van der Waals surface area contributed by atoms with E-state index in [1.807, 2.05) is 45.1 Å². The Morgan fingerprint density at radius 1 is 1.00 bits per heavy atom. The highest BCUT2D eigenvalue weighted by Gasteiger charge is 2.38. The maximum absolute atomic E-state index is 13.7. The summed E-state index contributed by atoms with van der Waals surface area (Å²) in [6.45, 7) is 20.7. The Balaban J connectivity index is 1.85. The molecule has 2 amide bonds. The number of benzene rings is 2. The molecule has 2 aromatic rings. The van der Waals surface area contributed by atoms with E-state index in [0.717, 1.165) is 12.0 Å². The maximum atomic E-state index is 13.7. The lowest BCUT2D eigenvalue weighted by Crippen LogP contribution is -2.51. The van der Waals surface area contributed by atoms with E-state index in [1.165, 1.54) is 24.8 Å². The summed E-state index contributed by atoms with van der Waals surface area (Å²) in [5, 5.41) is 16.0. The van der Waals surface area contributed by atoms with Gasteiger partial charge in [0.1, 0.15) is 12.1 Å². The lowest BCUT2D eigenvalue weighted by molar-refractivity contribution is -0.178. The minimum Gasteiger partial charge on any atom is -0.504 e. The predicted octanol–water partition coefficient (Wildman–Crippen LogP) is 7.31. The minimum atomic E-state index is -1.82. The van der Waals surface area contributed by atoms with E-state index in [9.17, 15) is 24.3 Å². The van der Waals surface area contributed by atoms with E-state index in [-0.39, 0.29) is 54.2 Å². The number of methoxy groups -OCH3 is 1. The topological polar surface area (TPSA) is 149 Å². The number of hydrogen-bond donors (Lipinski definition) is 3. The fraction of sp³-hybridized carbons (Fsp3) is 0.545. The van der Waals surface area contributed by atoms with Gasteiger partial charge in [0.25, 0.3) is 0 Å². The van der Waals surface area contributed by atoms with Gasteiger partial charge in [-0.25, -0.2) is 4.79 Å². The monoisotopic (exact) mass is 792 g/mol. The number of phenols is 1. The summed E-state index contributed by atoms with van der Waals surface area (Å²) < 4.78 is 23.4. The van der Waals surface area contributed by atoms with Gasteiger partial charge in [0.15, 0.2) is 25.9 Å². The molecule has 0 fully saturated rings. The molecule has 3 rings (SSSR count). The zero-order valence-corrected chi connectivity index (χ0v) is 36.2. The molecular weight excluding hydrogens is 729 g/mol. The van der Waals surface area contributed by atoms with Crippen molar-refractivity contribution in [2.75, 3.05) is 20.3 Å². The van der Waals surface area contributed by atoms with E-state index in [4.69, 9.17) is 18.6 Å². The molecule has 1 unspecified atom stereocenters. The van der Waals surface area contributed by atoms with Crippen LogP contribution in [0.3, 0.4) is 0 Å². The van der Waals surface area contributed by atoms with Gasteiger partial charge in [-0.3, -0.25) is 14.4 Å². The van der Waals surface area contributed by atoms with Crippen LogP contribution in [0.2, 0.25) is 18.1 Å². The lowest BCUT2D eigenvalue weighted by Gasteiger charge is -2.36. The molecule has 56 heavy (non-hydrogen) atoms. The second kappa shape index (κ2) is 20.1. The number of esters is 2. The van der Waals surface area contributed by atoms with E-state index in [0.29, 0.717) is 12.2 Å². The van der Waals surface area contributed by atoms with Gasteiger partial charge < -0.3 is 34.4 Å². The van der Waals surface area contributed by atoms with Crippen molar-refractivity contribution in [1.82, 2.24) is 10.6 Å². The van der Waals surface area contributed by atoms with Crippen LogP contribution in [0.4, 0.5) is 0 Å². The number of nitrogens with one attached hydrogen (secondary N) is 2. The number of aromatic hydroxyl groups is 1. The summed E-state index contributed by atoms with van der Waals surface area (Å²) in [5.74, 6) is -2.53. The quantitative estimate of drug-likeness (QED) is 0.149. The van der Waals surface area contributed by atoms with Crippen LogP contribution in [-0.4, -0.2) is 75.7 Å². The Kier molecular flexibility index (Phi) is 16.5. The highest BCUT2D eigenvalue weighted by atomic mass is 28.4. The Labute approximate surface area is 334 Å². The van der Waals surface area contributed by atoms with Gasteiger partial charge in [-0.2, -0.15) is 0 Å². The molecule has 0 saturated heterocycles. The summed E-state index contributed by atoms with van der Waals surface area (Å²) >= 11 is 0. The lowest BCUT2D eigenvalue weighted by atomic mass is 9.93. The molecule has 1 aliphatic rings. The van der Waals surface area contributed by atoms with Crippen LogP contribution >= 0.6 is 0 Å². The van der Waals surface area contributed by atoms with Crippen molar-refractivity contribution in [1.29, 1.82) is 0 Å². The molecule has 0 aliphatic carbocycles. The maximum Gasteiger partial charge on any atom is 0.347 e. The molecule has 11 nitrogen and oxygen atoms in total. The molecule has 0 aromatic heterocycles. The molecule has 0 radical (unpaired) electrons. The van der Waals surface area contributed by atoms with Gasteiger partial charge >= 0.3 is 11.9 Å². The van der Waals surface area contributed by atoms with Crippen LogP contribution in [0.1, 0.15) is 84.9 Å². The molecule has 1 aliphatic heterocycles. The van der Waals surface area contributed by atoms with Crippen molar-refractivity contribution in [2.45, 2.75) is 117 Å². The number of phenolic OH excluding ortho intramolecular Hbond substituents is 1. The summed E-state index contributed by atoms with van der Waals surface area (Å²) in [4.78, 5) is 54.0. The Morgan fingerprint density at radius 3 is 2.27 bits per heavy atom. The molecule has 4 atom stereocenters. The molecule has 12 heteroatoms. The van der Waals surface area contributed by atoms with Gasteiger partial charge in [-0.15, -0.1) is 0 Å². The second-order valence-corrected chi connectivity index (χ2v) is 22.1. The number of carbonyl (C=O) groups excluding carboxylic acids is 4. The number of amides is 2. The van der Waals surface area contributed by atoms with E-state index >= 15 is 0 Å². The average molecular weight is 793 g/mol. The number of hydrogen-bond acceptors (Lipinski definition) is 9.